The highest BCUT2D eigenvalue weighted by Gasteiger charge is 2.40. The van der Waals surface area contributed by atoms with Crippen LogP contribution in [0.3, 0.4) is 0 Å². The average Bonchev–Trinajstić information content (AvgIpc) is 2.74. The zero-order valence-electron chi connectivity index (χ0n) is 9.17. The maximum atomic E-state index is 11.6. The van der Waals surface area contributed by atoms with E-state index in [0.717, 1.165) is 0 Å². The number of nitrogens with two attached hydrogens (primary N) is 1. The number of aliphatic hydroxyl groups excluding tert-OH is 1. The Labute approximate surface area is 103 Å². The molecule has 6 nitrogen and oxygen atoms in total. The Hall–Kier alpha value is -1.11. The van der Waals surface area contributed by atoms with Crippen molar-refractivity contribution in [3.63, 3.8) is 0 Å². The van der Waals surface area contributed by atoms with Crippen LogP contribution in [0.1, 0.15) is 19.1 Å². The molecule has 2 heterocycles. The molecule has 1 saturated heterocycles. The van der Waals surface area contributed by atoms with Crippen LogP contribution in [0, 0.1) is 0 Å². The lowest BCUT2D eigenvalue weighted by atomic mass is 10.0. The van der Waals surface area contributed by atoms with Gasteiger partial charge in [-0.05, 0) is 18.9 Å². The number of aliphatic hydroxyl groups is 1. The van der Waals surface area contributed by atoms with Crippen molar-refractivity contribution in [3.8, 4) is 0 Å². The summed E-state index contributed by atoms with van der Waals surface area (Å²) in [4.78, 5) is 15.2. The highest BCUT2D eigenvalue weighted by Crippen LogP contribution is 2.36. The van der Waals surface area contributed by atoms with Gasteiger partial charge >= 0.3 is 5.69 Å². The van der Waals surface area contributed by atoms with Gasteiger partial charge in [0.05, 0.1) is 12.5 Å². The lowest BCUT2D eigenvalue weighted by Crippen LogP contribution is -2.36. The van der Waals surface area contributed by atoms with Crippen LogP contribution in [0.5, 0.6) is 0 Å². The summed E-state index contributed by atoms with van der Waals surface area (Å²) >= 11 is 5.77. The number of rotatable bonds is 3. The predicted molar refractivity (Wildman–Crippen MR) is 62.8 cm³/mol. The van der Waals surface area contributed by atoms with Gasteiger partial charge in [-0.3, -0.25) is 4.57 Å². The lowest BCUT2D eigenvalue weighted by molar-refractivity contribution is -0.0859. The first kappa shape index (κ1) is 12.3. The number of aromatic nitrogens is 2. The number of hydrogen-bond acceptors (Lipinski definition) is 5. The van der Waals surface area contributed by atoms with Crippen LogP contribution in [0.2, 0.25) is 0 Å². The second-order valence-corrected chi connectivity index (χ2v) is 4.40. The minimum atomic E-state index is -0.757. The van der Waals surface area contributed by atoms with Crippen LogP contribution in [-0.4, -0.2) is 32.7 Å². The third-order valence-electron chi connectivity index (χ3n) is 2.93. The van der Waals surface area contributed by atoms with Crippen molar-refractivity contribution in [2.75, 3.05) is 18.2 Å². The first-order valence-corrected chi connectivity index (χ1v) is 5.83. The molecule has 2 atom stereocenters. The molecule has 0 radical (unpaired) electrons. The topological polar surface area (TPSA) is 90.4 Å². The molecule has 1 aliphatic rings. The molecule has 0 aromatic carbocycles. The SMILES string of the molecule is Nc1ccn(C2CCC(CO)(CCl)O2)c(=O)n1. The van der Waals surface area contributed by atoms with Gasteiger partial charge in [0.2, 0.25) is 0 Å². The van der Waals surface area contributed by atoms with Crippen LogP contribution >= 0.6 is 11.6 Å². The second-order valence-electron chi connectivity index (χ2n) is 4.13. The normalized spacial score (nSPS) is 28.5. The summed E-state index contributed by atoms with van der Waals surface area (Å²) in [5, 5.41) is 9.26. The molecule has 0 spiro atoms. The Morgan fingerprint density at radius 2 is 2.53 bits per heavy atom. The molecule has 2 unspecified atom stereocenters. The predicted octanol–water partition coefficient (Wildman–Crippen LogP) is 0.104. The number of halogens is 1. The molecular weight excluding hydrogens is 246 g/mol. The summed E-state index contributed by atoms with van der Waals surface area (Å²) in [5.41, 5.74) is 4.19. The fourth-order valence-electron chi connectivity index (χ4n) is 1.89. The number of anilines is 1. The number of nitrogens with zero attached hydrogens (tertiary/aromatic N) is 2. The largest absolute Gasteiger partial charge is 0.393 e. The summed E-state index contributed by atoms with van der Waals surface area (Å²) in [5.74, 6) is 0.368. The van der Waals surface area contributed by atoms with E-state index in [4.69, 9.17) is 22.1 Å². The van der Waals surface area contributed by atoms with Crippen molar-refractivity contribution < 1.29 is 9.84 Å². The minimum absolute atomic E-state index is 0.163. The first-order valence-electron chi connectivity index (χ1n) is 5.29. The molecule has 1 aromatic heterocycles. The molecule has 1 aromatic rings. The van der Waals surface area contributed by atoms with Crippen molar-refractivity contribution in [2.24, 2.45) is 0 Å². The van der Waals surface area contributed by atoms with E-state index in [0.29, 0.717) is 12.8 Å². The van der Waals surface area contributed by atoms with E-state index in [1.807, 2.05) is 0 Å². The molecule has 3 N–H and O–H groups in total. The smallest absolute Gasteiger partial charge is 0.351 e. The molecule has 0 aliphatic carbocycles. The van der Waals surface area contributed by atoms with E-state index in [9.17, 15) is 9.90 Å². The Bertz CT molecular complexity index is 458. The quantitative estimate of drug-likeness (QED) is 0.752. The van der Waals surface area contributed by atoms with Gasteiger partial charge in [-0.2, -0.15) is 4.98 Å². The zero-order chi connectivity index (χ0) is 12.5. The minimum Gasteiger partial charge on any atom is -0.393 e. The van der Waals surface area contributed by atoms with Crippen molar-refractivity contribution in [2.45, 2.75) is 24.7 Å². The van der Waals surface area contributed by atoms with E-state index in [-0.39, 0.29) is 18.3 Å². The molecule has 0 saturated carbocycles. The van der Waals surface area contributed by atoms with Crippen molar-refractivity contribution in [1.82, 2.24) is 9.55 Å². The number of ether oxygens (including phenoxy) is 1. The Balaban J connectivity index is 2.23. The van der Waals surface area contributed by atoms with Gasteiger partial charge in [-0.1, -0.05) is 0 Å². The standard InChI is InChI=1S/C10H14ClN3O3/c11-5-10(6-15)3-1-8(17-10)14-4-2-7(12)13-9(14)16/h2,4,8,15H,1,3,5-6H2,(H2,12,13,16). The maximum absolute atomic E-state index is 11.6. The van der Waals surface area contributed by atoms with Gasteiger partial charge < -0.3 is 15.6 Å². The Kier molecular flexibility index (Phi) is 3.37. The van der Waals surface area contributed by atoms with Gasteiger partial charge in [0.25, 0.3) is 0 Å². The van der Waals surface area contributed by atoms with Gasteiger partial charge in [-0.15, -0.1) is 11.6 Å². The third-order valence-corrected chi connectivity index (χ3v) is 3.41. The highest BCUT2D eigenvalue weighted by molar-refractivity contribution is 6.18. The van der Waals surface area contributed by atoms with E-state index >= 15 is 0 Å². The number of hydrogen-bond donors (Lipinski definition) is 2. The van der Waals surface area contributed by atoms with Gasteiger partial charge in [-0.25, -0.2) is 4.79 Å². The molecule has 0 bridgehead atoms. The Morgan fingerprint density at radius 1 is 1.76 bits per heavy atom. The summed E-state index contributed by atoms with van der Waals surface area (Å²) in [6, 6.07) is 1.53. The van der Waals surface area contributed by atoms with Crippen LogP contribution in [0.15, 0.2) is 17.1 Å². The van der Waals surface area contributed by atoms with E-state index in [1.54, 1.807) is 0 Å². The van der Waals surface area contributed by atoms with Gasteiger partial charge in [0, 0.05) is 6.20 Å². The highest BCUT2D eigenvalue weighted by atomic mass is 35.5. The van der Waals surface area contributed by atoms with Crippen LogP contribution in [-0.2, 0) is 4.74 Å². The monoisotopic (exact) mass is 259 g/mol. The van der Waals surface area contributed by atoms with Crippen LogP contribution < -0.4 is 11.4 Å². The van der Waals surface area contributed by atoms with Crippen molar-refractivity contribution in [1.29, 1.82) is 0 Å². The summed E-state index contributed by atoms with van der Waals surface area (Å²) in [7, 11) is 0. The average molecular weight is 260 g/mol. The summed E-state index contributed by atoms with van der Waals surface area (Å²) < 4.78 is 7.02. The maximum Gasteiger partial charge on any atom is 0.351 e. The van der Waals surface area contributed by atoms with Crippen LogP contribution in [0.25, 0.3) is 0 Å². The van der Waals surface area contributed by atoms with E-state index in [2.05, 4.69) is 4.98 Å². The number of nitrogen functional groups attached to an aromatic ring is 1. The fourth-order valence-corrected chi connectivity index (χ4v) is 2.17. The molecule has 17 heavy (non-hydrogen) atoms. The Morgan fingerprint density at radius 3 is 3.06 bits per heavy atom. The summed E-state index contributed by atoms with van der Waals surface area (Å²) in [6.45, 7) is -0.163. The molecule has 1 fully saturated rings. The molecule has 94 valence electrons. The van der Waals surface area contributed by atoms with E-state index < -0.39 is 17.5 Å². The second kappa shape index (κ2) is 4.64. The first-order chi connectivity index (χ1) is 8.10. The molecule has 0 amide bonds. The van der Waals surface area contributed by atoms with Crippen molar-refractivity contribution in [3.05, 3.63) is 22.7 Å². The molecule has 1 aliphatic heterocycles. The fraction of sp³-hybridized carbons (Fsp3) is 0.600. The van der Waals surface area contributed by atoms with Gasteiger partial charge in [0.15, 0.2) is 0 Å². The van der Waals surface area contributed by atoms with Gasteiger partial charge in [0.1, 0.15) is 17.6 Å². The molecule has 2 rings (SSSR count). The zero-order valence-corrected chi connectivity index (χ0v) is 9.93. The van der Waals surface area contributed by atoms with Crippen molar-refractivity contribution >= 4 is 17.4 Å². The molecule has 7 heteroatoms. The van der Waals surface area contributed by atoms with E-state index in [1.165, 1.54) is 16.8 Å². The lowest BCUT2D eigenvalue weighted by Gasteiger charge is -2.24. The third kappa shape index (κ3) is 2.29. The summed E-state index contributed by atoms with van der Waals surface area (Å²) in [6.07, 6.45) is 2.31. The number of alkyl halides is 1. The van der Waals surface area contributed by atoms with Crippen LogP contribution in [0.4, 0.5) is 5.82 Å². The molecular formula is C10H14ClN3O3.